The molecule has 2 N–H and O–H groups in total. The van der Waals surface area contributed by atoms with Crippen LogP contribution in [0.3, 0.4) is 0 Å². The molecule has 2 heterocycles. The van der Waals surface area contributed by atoms with Crippen molar-refractivity contribution >= 4 is 32.7 Å². The third-order valence-corrected chi connectivity index (χ3v) is 6.87. The molecule has 4 nitrogen and oxygen atoms in total. The normalized spacial score (nSPS) is 12.0. The minimum atomic E-state index is -3.45. The van der Waals surface area contributed by atoms with Crippen molar-refractivity contribution in [3.8, 4) is 0 Å². The second-order valence-electron chi connectivity index (χ2n) is 4.76. The van der Waals surface area contributed by atoms with Crippen molar-refractivity contribution in [2.45, 2.75) is 38.8 Å². The van der Waals surface area contributed by atoms with Gasteiger partial charge in [0, 0.05) is 27.7 Å². The highest BCUT2D eigenvalue weighted by atomic mass is 32.2. The molecule has 116 valence electrons. The van der Waals surface area contributed by atoms with Gasteiger partial charge in [-0.05, 0) is 43.5 Å². The van der Waals surface area contributed by atoms with E-state index in [0.717, 1.165) is 16.3 Å². The molecule has 0 bridgehead atoms. The van der Waals surface area contributed by atoms with Crippen molar-refractivity contribution < 1.29 is 8.42 Å². The van der Waals surface area contributed by atoms with Gasteiger partial charge in [0.15, 0.2) is 0 Å². The van der Waals surface area contributed by atoms with Gasteiger partial charge in [-0.25, -0.2) is 13.1 Å². The highest BCUT2D eigenvalue weighted by Gasteiger charge is 2.19. The smallest absolute Gasteiger partial charge is 0.242 e. The van der Waals surface area contributed by atoms with Gasteiger partial charge >= 0.3 is 0 Å². The first-order valence-corrected chi connectivity index (χ1v) is 9.94. The van der Waals surface area contributed by atoms with E-state index in [1.54, 1.807) is 17.4 Å². The van der Waals surface area contributed by atoms with Crippen molar-refractivity contribution in [1.82, 2.24) is 10.0 Å². The van der Waals surface area contributed by atoms with Gasteiger partial charge in [-0.1, -0.05) is 6.92 Å². The highest BCUT2D eigenvalue weighted by molar-refractivity contribution is 7.89. The second kappa shape index (κ2) is 7.02. The summed E-state index contributed by atoms with van der Waals surface area (Å²) >= 11 is 3.10. The zero-order valence-corrected chi connectivity index (χ0v) is 14.8. The topological polar surface area (TPSA) is 58.2 Å². The van der Waals surface area contributed by atoms with E-state index in [-0.39, 0.29) is 0 Å². The summed E-state index contributed by atoms with van der Waals surface area (Å²) in [4.78, 5) is 3.51. The summed E-state index contributed by atoms with van der Waals surface area (Å²) < 4.78 is 27.5. The number of hydrogen-bond donors (Lipinski definition) is 2. The number of aryl methyl sites for hydroxylation is 2. The van der Waals surface area contributed by atoms with Crippen LogP contribution < -0.4 is 10.0 Å². The molecule has 0 radical (unpaired) electrons. The quantitative estimate of drug-likeness (QED) is 0.812. The molecule has 0 aliphatic heterocycles. The number of hydrogen-bond acceptors (Lipinski definition) is 5. The van der Waals surface area contributed by atoms with Crippen LogP contribution in [-0.2, 0) is 23.1 Å². The van der Waals surface area contributed by atoms with E-state index in [2.05, 4.69) is 10.0 Å². The SMILES string of the molecule is CCNCc1sccc1S(=O)(=O)NCc1cc(C)c(C)s1. The maximum atomic E-state index is 12.4. The van der Waals surface area contributed by atoms with E-state index < -0.39 is 10.0 Å². The Morgan fingerprint density at radius 1 is 1.24 bits per heavy atom. The third kappa shape index (κ3) is 4.14. The lowest BCUT2D eigenvalue weighted by atomic mass is 10.3. The molecule has 0 amide bonds. The number of sulfonamides is 1. The van der Waals surface area contributed by atoms with Crippen molar-refractivity contribution in [1.29, 1.82) is 0 Å². The fraction of sp³-hybridized carbons (Fsp3) is 0.429. The maximum Gasteiger partial charge on any atom is 0.242 e. The molecule has 0 saturated heterocycles. The number of rotatable bonds is 7. The monoisotopic (exact) mass is 344 g/mol. The predicted octanol–water partition coefficient (Wildman–Crippen LogP) is 3.01. The Kier molecular flexibility index (Phi) is 5.56. The van der Waals surface area contributed by atoms with E-state index in [4.69, 9.17) is 0 Å². The lowest BCUT2D eigenvalue weighted by Crippen LogP contribution is -2.24. The molecule has 0 spiro atoms. The maximum absolute atomic E-state index is 12.4. The third-order valence-electron chi connectivity index (χ3n) is 3.18. The van der Waals surface area contributed by atoms with E-state index in [1.807, 2.05) is 32.2 Å². The molecule has 2 rings (SSSR count). The Morgan fingerprint density at radius 2 is 2.00 bits per heavy atom. The zero-order chi connectivity index (χ0) is 15.5. The summed E-state index contributed by atoms with van der Waals surface area (Å²) in [7, 11) is -3.45. The fourth-order valence-corrected chi connectivity index (χ4v) is 5.42. The second-order valence-corrected chi connectivity index (χ2v) is 8.84. The van der Waals surface area contributed by atoms with Crippen LogP contribution in [0.15, 0.2) is 22.4 Å². The summed E-state index contributed by atoms with van der Waals surface area (Å²) in [5.41, 5.74) is 1.21. The molecule has 2 aromatic rings. The van der Waals surface area contributed by atoms with Crippen LogP contribution in [0.2, 0.25) is 0 Å². The summed E-state index contributed by atoms with van der Waals surface area (Å²) in [6.07, 6.45) is 0. The van der Waals surface area contributed by atoms with E-state index in [1.165, 1.54) is 21.8 Å². The molecule has 21 heavy (non-hydrogen) atoms. The summed E-state index contributed by atoms with van der Waals surface area (Å²) in [5.74, 6) is 0. The summed E-state index contributed by atoms with van der Waals surface area (Å²) in [6.45, 7) is 7.84. The molecule has 0 saturated carbocycles. The van der Waals surface area contributed by atoms with Crippen molar-refractivity contribution in [2.75, 3.05) is 6.54 Å². The average molecular weight is 345 g/mol. The van der Waals surface area contributed by atoms with Gasteiger partial charge < -0.3 is 5.32 Å². The molecule has 0 aliphatic carbocycles. The summed E-state index contributed by atoms with van der Waals surface area (Å²) in [5, 5.41) is 4.99. The molecule has 2 aromatic heterocycles. The fourth-order valence-electron chi connectivity index (χ4n) is 1.92. The first-order chi connectivity index (χ1) is 9.94. The Labute approximate surface area is 134 Å². The Morgan fingerprint density at radius 3 is 2.62 bits per heavy atom. The summed E-state index contributed by atoms with van der Waals surface area (Å²) in [6, 6.07) is 3.71. The first kappa shape index (κ1) is 16.6. The van der Waals surface area contributed by atoms with Crippen molar-refractivity contribution in [2.24, 2.45) is 0 Å². The standard InChI is InChI=1S/C14H20N2O2S3/c1-4-15-9-13-14(5-6-19-13)21(17,18)16-8-12-7-10(2)11(3)20-12/h5-7,15-16H,4,8-9H2,1-3H3. The van der Waals surface area contributed by atoms with Gasteiger partial charge in [-0.2, -0.15) is 0 Å². The Bertz CT molecular complexity index is 682. The van der Waals surface area contributed by atoms with Crippen LogP contribution in [0, 0.1) is 13.8 Å². The minimum absolute atomic E-state index is 0.345. The molecule has 0 atom stereocenters. The average Bonchev–Trinajstić information content (AvgIpc) is 3.02. The largest absolute Gasteiger partial charge is 0.312 e. The van der Waals surface area contributed by atoms with Crippen LogP contribution in [0.25, 0.3) is 0 Å². The molecule has 0 unspecified atom stereocenters. The molecule has 0 aliphatic rings. The molecule has 7 heteroatoms. The van der Waals surface area contributed by atoms with Crippen LogP contribution in [-0.4, -0.2) is 15.0 Å². The van der Waals surface area contributed by atoms with E-state index in [0.29, 0.717) is 18.0 Å². The van der Waals surface area contributed by atoms with E-state index in [9.17, 15) is 8.42 Å². The minimum Gasteiger partial charge on any atom is -0.312 e. The van der Waals surface area contributed by atoms with Gasteiger partial charge in [-0.15, -0.1) is 22.7 Å². The van der Waals surface area contributed by atoms with E-state index >= 15 is 0 Å². The Balaban J connectivity index is 2.09. The van der Waals surface area contributed by atoms with Crippen LogP contribution in [0.1, 0.15) is 27.1 Å². The first-order valence-electron chi connectivity index (χ1n) is 6.76. The van der Waals surface area contributed by atoms with Gasteiger partial charge in [-0.3, -0.25) is 0 Å². The Hall–Kier alpha value is -0.730. The molecule has 0 aromatic carbocycles. The van der Waals surface area contributed by atoms with Gasteiger partial charge in [0.05, 0.1) is 4.90 Å². The lowest BCUT2D eigenvalue weighted by molar-refractivity contribution is 0.580. The highest BCUT2D eigenvalue weighted by Crippen LogP contribution is 2.24. The van der Waals surface area contributed by atoms with Crippen LogP contribution in [0.5, 0.6) is 0 Å². The molecule has 0 fully saturated rings. The predicted molar refractivity (Wildman–Crippen MR) is 89.5 cm³/mol. The van der Waals surface area contributed by atoms with Crippen LogP contribution in [0.4, 0.5) is 0 Å². The molecular weight excluding hydrogens is 324 g/mol. The number of nitrogens with one attached hydrogen (secondary N) is 2. The van der Waals surface area contributed by atoms with Gasteiger partial charge in [0.2, 0.25) is 10.0 Å². The van der Waals surface area contributed by atoms with Crippen LogP contribution >= 0.6 is 22.7 Å². The van der Waals surface area contributed by atoms with Crippen molar-refractivity contribution in [3.63, 3.8) is 0 Å². The van der Waals surface area contributed by atoms with Gasteiger partial charge in [0.1, 0.15) is 0 Å². The van der Waals surface area contributed by atoms with Gasteiger partial charge in [0.25, 0.3) is 0 Å². The van der Waals surface area contributed by atoms with Crippen molar-refractivity contribution in [3.05, 3.63) is 37.7 Å². The molecular formula is C14H20N2O2S3. The number of thiophene rings is 2. The zero-order valence-electron chi connectivity index (χ0n) is 12.4. The lowest BCUT2D eigenvalue weighted by Gasteiger charge is -2.07.